The smallest absolute Gasteiger partial charge is 0.270 e. The summed E-state index contributed by atoms with van der Waals surface area (Å²) < 4.78 is 10.8. The summed E-state index contributed by atoms with van der Waals surface area (Å²) >= 11 is 1.34. The fourth-order valence-corrected chi connectivity index (χ4v) is 2.65. The highest BCUT2D eigenvalue weighted by Crippen LogP contribution is 2.36. The lowest BCUT2D eigenvalue weighted by molar-refractivity contribution is 0.00718. The van der Waals surface area contributed by atoms with Crippen LogP contribution in [0.4, 0.5) is 5.13 Å². The Morgan fingerprint density at radius 2 is 2.00 bits per heavy atom. The zero-order valence-corrected chi connectivity index (χ0v) is 12.5. The molecule has 6 nitrogen and oxygen atoms in total. The van der Waals surface area contributed by atoms with Gasteiger partial charge >= 0.3 is 0 Å². The fourth-order valence-electron chi connectivity index (χ4n) is 1.90. The van der Waals surface area contributed by atoms with Crippen molar-refractivity contribution in [3.05, 3.63) is 11.5 Å². The largest absolute Gasteiger partial charge is 0.375 e. The van der Waals surface area contributed by atoms with Gasteiger partial charge in [-0.05, 0) is 12.3 Å². The Kier molecular flexibility index (Phi) is 3.60. The number of hydrogen-bond acceptors (Lipinski definition) is 7. The molecule has 104 valence electrons. The molecule has 0 radical (unpaired) electrons. The average molecular weight is 282 g/mol. The molecule has 0 aromatic carbocycles. The van der Waals surface area contributed by atoms with Gasteiger partial charge in [-0.1, -0.05) is 37.3 Å². The Morgan fingerprint density at radius 1 is 1.32 bits per heavy atom. The van der Waals surface area contributed by atoms with E-state index in [0.29, 0.717) is 16.8 Å². The molecule has 0 spiro atoms. The van der Waals surface area contributed by atoms with Crippen molar-refractivity contribution in [3.63, 3.8) is 0 Å². The van der Waals surface area contributed by atoms with E-state index in [1.165, 1.54) is 11.3 Å². The van der Waals surface area contributed by atoms with Crippen molar-refractivity contribution >= 4 is 16.5 Å². The second-order valence-electron chi connectivity index (χ2n) is 5.41. The Hall–Kier alpha value is -1.47. The molecule has 1 unspecified atom stereocenters. The Labute approximate surface area is 116 Å². The molecule has 7 heteroatoms. The van der Waals surface area contributed by atoms with Gasteiger partial charge in [-0.25, -0.2) is 4.98 Å². The highest BCUT2D eigenvalue weighted by molar-refractivity contribution is 7.18. The van der Waals surface area contributed by atoms with Crippen LogP contribution in [0, 0.1) is 12.3 Å². The lowest BCUT2D eigenvalue weighted by Gasteiger charge is -2.26. The maximum Gasteiger partial charge on any atom is 0.270 e. The van der Waals surface area contributed by atoms with Crippen LogP contribution >= 0.6 is 11.3 Å². The second kappa shape index (κ2) is 4.90. The molecule has 0 bridgehead atoms. The van der Waals surface area contributed by atoms with E-state index < -0.39 is 0 Å². The standard InChI is InChI=1S/C12H18N4O2S/c1-6-7(19-11(13)14-6)10-15-9(16-18-10)8(17-5)12(2,3)4/h8H,1-5H3,(H2,13,14). The Balaban J connectivity index is 2.36. The van der Waals surface area contributed by atoms with Gasteiger partial charge in [-0.2, -0.15) is 4.98 Å². The van der Waals surface area contributed by atoms with E-state index >= 15 is 0 Å². The minimum absolute atomic E-state index is 0.113. The maximum absolute atomic E-state index is 5.67. The Morgan fingerprint density at radius 3 is 2.47 bits per heavy atom. The van der Waals surface area contributed by atoms with Gasteiger partial charge in [0.1, 0.15) is 11.0 Å². The molecular formula is C12H18N4O2S. The van der Waals surface area contributed by atoms with Crippen LogP contribution in [0.25, 0.3) is 10.8 Å². The molecule has 2 aromatic heterocycles. The molecule has 0 aliphatic carbocycles. The van der Waals surface area contributed by atoms with Gasteiger partial charge in [0.25, 0.3) is 5.89 Å². The predicted octanol–water partition coefficient (Wildman–Crippen LogP) is 2.82. The second-order valence-corrected chi connectivity index (χ2v) is 6.44. The molecule has 0 fully saturated rings. The topological polar surface area (TPSA) is 87.1 Å². The van der Waals surface area contributed by atoms with Crippen molar-refractivity contribution in [1.29, 1.82) is 0 Å². The van der Waals surface area contributed by atoms with Gasteiger partial charge in [0, 0.05) is 7.11 Å². The quantitative estimate of drug-likeness (QED) is 0.931. The first-order chi connectivity index (χ1) is 8.82. The number of nitrogens with two attached hydrogens (primary N) is 1. The molecule has 2 aromatic rings. The molecule has 2 rings (SSSR count). The van der Waals surface area contributed by atoms with Gasteiger partial charge < -0.3 is 15.0 Å². The van der Waals surface area contributed by atoms with Crippen molar-refractivity contribution < 1.29 is 9.26 Å². The number of aromatic nitrogens is 3. The van der Waals surface area contributed by atoms with Crippen LogP contribution in [0.3, 0.4) is 0 Å². The molecular weight excluding hydrogens is 264 g/mol. The lowest BCUT2D eigenvalue weighted by Crippen LogP contribution is -2.21. The van der Waals surface area contributed by atoms with Gasteiger partial charge in [-0.15, -0.1) is 0 Å². The van der Waals surface area contributed by atoms with Crippen LogP contribution in [-0.2, 0) is 4.74 Å². The SMILES string of the molecule is COC(c1noc(-c2sc(N)nc2C)n1)C(C)(C)C. The van der Waals surface area contributed by atoms with E-state index in [1.807, 2.05) is 6.92 Å². The molecule has 1 atom stereocenters. The highest BCUT2D eigenvalue weighted by atomic mass is 32.1. The number of hydrogen-bond donors (Lipinski definition) is 1. The minimum Gasteiger partial charge on any atom is -0.375 e. The first-order valence-electron chi connectivity index (χ1n) is 5.92. The number of ether oxygens (including phenoxy) is 1. The van der Waals surface area contributed by atoms with Crippen LogP contribution < -0.4 is 5.73 Å². The normalized spacial score (nSPS) is 13.7. The number of thiazole rings is 1. The van der Waals surface area contributed by atoms with Gasteiger partial charge in [-0.3, -0.25) is 0 Å². The van der Waals surface area contributed by atoms with E-state index in [4.69, 9.17) is 15.0 Å². The molecule has 0 amide bonds. The number of anilines is 1. The number of rotatable bonds is 3. The van der Waals surface area contributed by atoms with E-state index in [9.17, 15) is 0 Å². The van der Waals surface area contributed by atoms with Crippen molar-refractivity contribution in [2.75, 3.05) is 12.8 Å². The van der Waals surface area contributed by atoms with Gasteiger partial charge in [0.15, 0.2) is 5.13 Å². The minimum atomic E-state index is -0.226. The monoisotopic (exact) mass is 282 g/mol. The third-order valence-corrected chi connectivity index (χ3v) is 3.68. The van der Waals surface area contributed by atoms with Crippen LogP contribution in [0.5, 0.6) is 0 Å². The van der Waals surface area contributed by atoms with Crippen molar-refractivity contribution in [3.8, 4) is 10.8 Å². The average Bonchev–Trinajstić information content (AvgIpc) is 2.84. The number of aryl methyl sites for hydroxylation is 1. The predicted molar refractivity (Wildman–Crippen MR) is 73.8 cm³/mol. The molecule has 0 aliphatic heterocycles. The molecule has 0 aliphatic rings. The van der Waals surface area contributed by atoms with E-state index in [0.717, 1.165) is 10.6 Å². The Bertz CT molecular complexity index is 571. The van der Waals surface area contributed by atoms with E-state index in [1.54, 1.807) is 7.11 Å². The first-order valence-corrected chi connectivity index (χ1v) is 6.74. The van der Waals surface area contributed by atoms with Crippen LogP contribution in [0.2, 0.25) is 0 Å². The van der Waals surface area contributed by atoms with Crippen LogP contribution in [-0.4, -0.2) is 22.2 Å². The van der Waals surface area contributed by atoms with E-state index in [2.05, 4.69) is 35.9 Å². The van der Waals surface area contributed by atoms with Crippen molar-refractivity contribution in [2.24, 2.45) is 5.41 Å². The maximum atomic E-state index is 5.67. The zero-order valence-electron chi connectivity index (χ0n) is 11.7. The van der Waals surface area contributed by atoms with Crippen LogP contribution in [0.15, 0.2) is 4.52 Å². The summed E-state index contributed by atoms with van der Waals surface area (Å²) in [6, 6.07) is 0. The summed E-state index contributed by atoms with van der Waals surface area (Å²) in [6.45, 7) is 8.05. The zero-order chi connectivity index (χ0) is 14.2. The molecule has 19 heavy (non-hydrogen) atoms. The molecule has 2 heterocycles. The third-order valence-electron chi connectivity index (χ3n) is 2.71. The number of nitrogens with zero attached hydrogens (tertiary/aromatic N) is 3. The first kappa shape index (κ1) is 14.0. The highest BCUT2D eigenvalue weighted by Gasteiger charge is 2.31. The van der Waals surface area contributed by atoms with Gasteiger partial charge in [0.2, 0.25) is 5.82 Å². The molecule has 0 saturated heterocycles. The number of methoxy groups -OCH3 is 1. The van der Waals surface area contributed by atoms with Crippen molar-refractivity contribution in [2.45, 2.75) is 33.8 Å². The molecule has 0 saturated carbocycles. The summed E-state index contributed by atoms with van der Waals surface area (Å²) in [6.07, 6.45) is -0.226. The molecule has 2 N–H and O–H groups in total. The van der Waals surface area contributed by atoms with Crippen LogP contribution in [0.1, 0.15) is 38.4 Å². The van der Waals surface area contributed by atoms with E-state index in [-0.39, 0.29) is 11.5 Å². The lowest BCUT2D eigenvalue weighted by atomic mass is 9.88. The summed E-state index contributed by atoms with van der Waals surface area (Å²) in [5, 5.41) is 4.50. The van der Waals surface area contributed by atoms with Gasteiger partial charge in [0.05, 0.1) is 5.69 Å². The third kappa shape index (κ3) is 2.76. The summed E-state index contributed by atoms with van der Waals surface area (Å²) in [5.41, 5.74) is 6.35. The number of nitrogen functional groups attached to an aromatic ring is 1. The fraction of sp³-hybridized carbons (Fsp3) is 0.583. The van der Waals surface area contributed by atoms with Crippen molar-refractivity contribution in [1.82, 2.24) is 15.1 Å². The summed E-state index contributed by atoms with van der Waals surface area (Å²) in [5.74, 6) is 0.976. The summed E-state index contributed by atoms with van der Waals surface area (Å²) in [4.78, 5) is 9.36. The summed E-state index contributed by atoms with van der Waals surface area (Å²) in [7, 11) is 1.64.